The second kappa shape index (κ2) is 6.43. The van der Waals surface area contributed by atoms with Crippen molar-refractivity contribution in [3.63, 3.8) is 0 Å². The topological polar surface area (TPSA) is 79.3 Å². The fourth-order valence-electron chi connectivity index (χ4n) is 2.90. The Morgan fingerprint density at radius 2 is 2.10 bits per heavy atom. The van der Waals surface area contributed by atoms with Crippen molar-refractivity contribution in [2.75, 3.05) is 5.32 Å². The first-order chi connectivity index (χ1) is 9.92. The highest BCUT2D eigenvalue weighted by atomic mass is 35.5. The van der Waals surface area contributed by atoms with Gasteiger partial charge in [-0.1, -0.05) is 24.9 Å². The van der Waals surface area contributed by atoms with Gasteiger partial charge in [-0.05, 0) is 37.3 Å². The lowest BCUT2D eigenvalue weighted by Crippen LogP contribution is -2.30. The average molecular weight is 311 g/mol. The van der Waals surface area contributed by atoms with Crippen LogP contribution in [0.5, 0.6) is 0 Å². The third-order valence-electron chi connectivity index (χ3n) is 4.13. The number of aliphatic carboxylic acids is 1. The van der Waals surface area contributed by atoms with Crippen LogP contribution in [-0.4, -0.2) is 22.0 Å². The number of nitrogens with one attached hydrogen (secondary N) is 1. The number of anilines is 1. The zero-order valence-electron chi connectivity index (χ0n) is 12.1. The maximum Gasteiger partial charge on any atom is 0.307 e. The van der Waals surface area contributed by atoms with Crippen LogP contribution in [0.15, 0.2) is 12.3 Å². The molecule has 0 aromatic carbocycles. The van der Waals surface area contributed by atoms with Gasteiger partial charge in [0.25, 0.3) is 0 Å². The van der Waals surface area contributed by atoms with Crippen molar-refractivity contribution in [1.29, 1.82) is 0 Å². The zero-order chi connectivity index (χ0) is 15.6. The Kier molecular flexibility index (Phi) is 4.83. The molecule has 0 saturated heterocycles. The first kappa shape index (κ1) is 15.8. The quantitative estimate of drug-likeness (QED) is 0.837. The standard InChI is InChI=1S/C15H19ClN2O3/c1-3-9-5-10(11(6-9)15(20)21)14(19)18-12-4-8(2)7-17-13(12)16/h4,7,9-11H,3,5-6H2,1-2H3,(H,18,19)(H,20,21)/t9?,10-,11+/m0/s1. The minimum atomic E-state index is -0.903. The summed E-state index contributed by atoms with van der Waals surface area (Å²) in [6.45, 7) is 3.87. The van der Waals surface area contributed by atoms with E-state index in [1.807, 2.05) is 13.8 Å². The van der Waals surface area contributed by atoms with Crippen molar-refractivity contribution < 1.29 is 14.7 Å². The van der Waals surface area contributed by atoms with Crippen molar-refractivity contribution >= 4 is 29.2 Å². The Hall–Kier alpha value is -1.62. The highest BCUT2D eigenvalue weighted by Gasteiger charge is 2.42. The van der Waals surface area contributed by atoms with Gasteiger partial charge in [0, 0.05) is 6.20 Å². The van der Waals surface area contributed by atoms with Crippen molar-refractivity contribution in [2.45, 2.75) is 33.1 Å². The maximum absolute atomic E-state index is 12.4. The normalized spacial score (nSPS) is 24.8. The molecular formula is C15H19ClN2O3. The first-order valence-corrected chi connectivity index (χ1v) is 7.46. The molecule has 114 valence electrons. The minimum absolute atomic E-state index is 0.214. The first-order valence-electron chi connectivity index (χ1n) is 7.08. The predicted molar refractivity (Wildman–Crippen MR) is 80.2 cm³/mol. The maximum atomic E-state index is 12.4. The summed E-state index contributed by atoms with van der Waals surface area (Å²) in [5.41, 5.74) is 1.31. The van der Waals surface area contributed by atoms with Gasteiger partial charge in [0.05, 0.1) is 17.5 Å². The average Bonchev–Trinajstić information content (AvgIpc) is 2.87. The van der Waals surface area contributed by atoms with Gasteiger partial charge in [0.1, 0.15) is 0 Å². The van der Waals surface area contributed by atoms with E-state index in [2.05, 4.69) is 10.3 Å². The van der Waals surface area contributed by atoms with Crippen LogP contribution in [-0.2, 0) is 9.59 Å². The number of carbonyl (C=O) groups is 2. The summed E-state index contributed by atoms with van der Waals surface area (Å²) < 4.78 is 0. The van der Waals surface area contributed by atoms with Gasteiger partial charge in [-0.25, -0.2) is 4.98 Å². The van der Waals surface area contributed by atoms with E-state index in [-0.39, 0.29) is 17.0 Å². The van der Waals surface area contributed by atoms with Crippen LogP contribution in [0.4, 0.5) is 5.69 Å². The number of rotatable bonds is 4. The van der Waals surface area contributed by atoms with Crippen molar-refractivity contribution in [3.05, 3.63) is 23.0 Å². The molecule has 1 aliphatic rings. The number of hydrogen-bond donors (Lipinski definition) is 2. The second-order valence-corrected chi connectivity index (χ2v) is 6.00. The van der Waals surface area contributed by atoms with Crippen LogP contribution in [0.3, 0.4) is 0 Å². The highest BCUT2D eigenvalue weighted by molar-refractivity contribution is 6.32. The summed E-state index contributed by atoms with van der Waals surface area (Å²) in [5.74, 6) is -2.03. The summed E-state index contributed by atoms with van der Waals surface area (Å²) in [6, 6.07) is 1.73. The Morgan fingerprint density at radius 3 is 2.71 bits per heavy atom. The lowest BCUT2D eigenvalue weighted by Gasteiger charge is -2.16. The molecule has 5 nitrogen and oxygen atoms in total. The molecule has 1 aromatic rings. The second-order valence-electron chi connectivity index (χ2n) is 5.64. The third-order valence-corrected chi connectivity index (χ3v) is 4.43. The molecular weight excluding hydrogens is 292 g/mol. The molecule has 0 bridgehead atoms. The van der Waals surface area contributed by atoms with E-state index in [0.29, 0.717) is 18.5 Å². The van der Waals surface area contributed by atoms with Gasteiger partial charge in [0.15, 0.2) is 5.15 Å². The molecule has 0 spiro atoms. The van der Waals surface area contributed by atoms with Crippen LogP contribution < -0.4 is 5.32 Å². The Morgan fingerprint density at radius 1 is 1.43 bits per heavy atom. The molecule has 0 aliphatic heterocycles. The third kappa shape index (κ3) is 3.53. The molecule has 2 N–H and O–H groups in total. The molecule has 2 rings (SSSR count). The zero-order valence-corrected chi connectivity index (χ0v) is 12.9. The Labute approximate surface area is 128 Å². The summed E-state index contributed by atoms with van der Waals surface area (Å²) >= 11 is 5.96. The number of nitrogens with zero attached hydrogens (tertiary/aromatic N) is 1. The molecule has 1 unspecified atom stereocenters. The molecule has 1 aliphatic carbocycles. The molecule has 1 amide bonds. The van der Waals surface area contributed by atoms with Crippen molar-refractivity contribution in [1.82, 2.24) is 4.98 Å². The van der Waals surface area contributed by atoms with Crippen LogP contribution >= 0.6 is 11.6 Å². The Balaban J connectivity index is 2.15. The van der Waals surface area contributed by atoms with Gasteiger partial charge in [-0.2, -0.15) is 0 Å². The monoisotopic (exact) mass is 310 g/mol. The fraction of sp³-hybridized carbons (Fsp3) is 0.533. The number of pyridine rings is 1. The number of amides is 1. The van der Waals surface area contributed by atoms with E-state index in [0.717, 1.165) is 12.0 Å². The fourth-order valence-corrected chi connectivity index (χ4v) is 3.06. The van der Waals surface area contributed by atoms with E-state index in [9.17, 15) is 14.7 Å². The predicted octanol–water partition coefficient (Wildman–Crippen LogP) is 3.12. The van der Waals surface area contributed by atoms with E-state index in [1.54, 1.807) is 12.3 Å². The summed E-state index contributed by atoms with van der Waals surface area (Å²) in [4.78, 5) is 27.7. The molecule has 1 aromatic heterocycles. The molecule has 1 heterocycles. The highest BCUT2D eigenvalue weighted by Crippen LogP contribution is 2.39. The van der Waals surface area contributed by atoms with Gasteiger partial charge >= 0.3 is 5.97 Å². The smallest absolute Gasteiger partial charge is 0.307 e. The molecule has 21 heavy (non-hydrogen) atoms. The number of halogens is 1. The largest absolute Gasteiger partial charge is 0.481 e. The lowest BCUT2D eigenvalue weighted by atomic mass is 9.95. The van der Waals surface area contributed by atoms with Crippen LogP contribution in [0.25, 0.3) is 0 Å². The molecule has 3 atom stereocenters. The Bertz CT molecular complexity index is 562. The van der Waals surface area contributed by atoms with Crippen molar-refractivity contribution in [3.8, 4) is 0 Å². The summed E-state index contributed by atoms with van der Waals surface area (Å²) in [7, 11) is 0. The van der Waals surface area contributed by atoms with Gasteiger partial charge < -0.3 is 10.4 Å². The van der Waals surface area contributed by atoms with Crippen LogP contribution in [0.1, 0.15) is 31.7 Å². The molecule has 1 saturated carbocycles. The van der Waals surface area contributed by atoms with Gasteiger partial charge in [-0.15, -0.1) is 0 Å². The van der Waals surface area contributed by atoms with Crippen molar-refractivity contribution in [2.24, 2.45) is 17.8 Å². The number of aryl methyl sites for hydroxylation is 1. The van der Waals surface area contributed by atoms with E-state index >= 15 is 0 Å². The molecule has 6 heteroatoms. The minimum Gasteiger partial charge on any atom is -0.481 e. The number of hydrogen-bond acceptors (Lipinski definition) is 3. The number of aromatic nitrogens is 1. The van der Waals surface area contributed by atoms with E-state index < -0.39 is 17.8 Å². The number of carbonyl (C=O) groups excluding carboxylic acids is 1. The number of carboxylic acid groups (broad SMARTS) is 1. The number of carboxylic acids is 1. The van der Waals surface area contributed by atoms with Gasteiger partial charge in [-0.3, -0.25) is 9.59 Å². The van der Waals surface area contributed by atoms with E-state index in [1.165, 1.54) is 0 Å². The SMILES string of the molecule is CCC1C[C@H](C(=O)Nc2cc(C)cnc2Cl)[C@H](C(=O)O)C1. The summed E-state index contributed by atoms with van der Waals surface area (Å²) in [5, 5.41) is 12.2. The van der Waals surface area contributed by atoms with Crippen LogP contribution in [0.2, 0.25) is 5.15 Å². The van der Waals surface area contributed by atoms with Gasteiger partial charge in [0.2, 0.25) is 5.91 Å². The molecule has 0 radical (unpaired) electrons. The van der Waals surface area contributed by atoms with Crippen LogP contribution in [0, 0.1) is 24.7 Å². The summed E-state index contributed by atoms with van der Waals surface area (Å²) in [6.07, 6.45) is 3.67. The molecule has 1 fully saturated rings. The van der Waals surface area contributed by atoms with E-state index in [4.69, 9.17) is 11.6 Å². The lowest BCUT2D eigenvalue weighted by molar-refractivity contribution is -0.145.